The number of esters is 1. The summed E-state index contributed by atoms with van der Waals surface area (Å²) in [6.45, 7) is 4.34. The van der Waals surface area contributed by atoms with Crippen molar-refractivity contribution in [3.05, 3.63) is 41.4 Å². The van der Waals surface area contributed by atoms with Crippen LogP contribution in [0.25, 0.3) is 0 Å². The quantitative estimate of drug-likeness (QED) is 0.550. The van der Waals surface area contributed by atoms with Crippen LogP contribution in [0.4, 0.5) is 5.95 Å². The lowest BCUT2D eigenvalue weighted by Gasteiger charge is -2.29. The normalized spacial score (nSPS) is 15.6. The molecule has 8 heteroatoms. The third kappa shape index (κ3) is 3.81. The van der Waals surface area contributed by atoms with E-state index in [9.17, 15) is 4.79 Å². The van der Waals surface area contributed by atoms with E-state index in [4.69, 9.17) is 14.2 Å². The highest BCUT2D eigenvalue weighted by molar-refractivity contribution is 5.92. The lowest BCUT2D eigenvalue weighted by Crippen LogP contribution is -2.30. The number of hydrogen-bond donors (Lipinski definition) is 1. The first-order valence-corrected chi connectivity index (χ1v) is 9.37. The van der Waals surface area contributed by atoms with Crippen LogP contribution in [0.2, 0.25) is 0 Å². The summed E-state index contributed by atoms with van der Waals surface area (Å²) in [4.78, 5) is 17.2. The van der Waals surface area contributed by atoms with E-state index in [1.54, 1.807) is 25.0 Å². The minimum atomic E-state index is -0.515. The molecule has 0 unspecified atom stereocenters. The van der Waals surface area contributed by atoms with Crippen LogP contribution in [0.3, 0.4) is 0 Å². The Morgan fingerprint density at radius 1 is 1.25 bits per heavy atom. The number of nitrogens with zero attached hydrogens (tertiary/aromatic N) is 3. The van der Waals surface area contributed by atoms with Crippen molar-refractivity contribution in [1.29, 1.82) is 0 Å². The molecule has 0 amide bonds. The third-order valence-electron chi connectivity index (χ3n) is 4.73. The van der Waals surface area contributed by atoms with Gasteiger partial charge in [0, 0.05) is 17.3 Å². The molecule has 2 heterocycles. The van der Waals surface area contributed by atoms with Crippen molar-refractivity contribution < 1.29 is 19.0 Å². The van der Waals surface area contributed by atoms with Crippen molar-refractivity contribution in [2.45, 2.75) is 39.2 Å². The number of unbranched alkanes of at least 4 members (excludes halogenated alkanes) is 2. The molecule has 1 aromatic carbocycles. The van der Waals surface area contributed by atoms with Gasteiger partial charge in [-0.05, 0) is 25.5 Å². The van der Waals surface area contributed by atoms with Crippen LogP contribution in [-0.4, -0.2) is 41.6 Å². The van der Waals surface area contributed by atoms with E-state index in [1.165, 1.54) is 6.33 Å². The number of methoxy groups -OCH3 is 2. The van der Waals surface area contributed by atoms with Crippen molar-refractivity contribution in [3.8, 4) is 11.5 Å². The summed E-state index contributed by atoms with van der Waals surface area (Å²) < 4.78 is 18.1. The van der Waals surface area contributed by atoms with Gasteiger partial charge in [0.2, 0.25) is 5.95 Å². The van der Waals surface area contributed by atoms with Gasteiger partial charge in [0.1, 0.15) is 23.9 Å². The Morgan fingerprint density at radius 2 is 2.07 bits per heavy atom. The summed E-state index contributed by atoms with van der Waals surface area (Å²) in [7, 11) is 3.18. The van der Waals surface area contributed by atoms with Gasteiger partial charge in [-0.3, -0.25) is 0 Å². The molecule has 3 rings (SSSR count). The lowest BCUT2D eigenvalue weighted by molar-refractivity contribution is -0.139. The van der Waals surface area contributed by atoms with E-state index in [0.29, 0.717) is 35.3 Å². The van der Waals surface area contributed by atoms with Gasteiger partial charge in [0.25, 0.3) is 0 Å². The number of carbonyl (C=O) groups is 1. The number of aromatic nitrogens is 3. The largest absolute Gasteiger partial charge is 0.497 e. The zero-order chi connectivity index (χ0) is 20.1. The molecular weight excluding hydrogens is 360 g/mol. The second kappa shape index (κ2) is 8.77. The Morgan fingerprint density at radius 3 is 2.79 bits per heavy atom. The molecule has 8 nitrogen and oxygen atoms in total. The number of nitrogens with one attached hydrogen (secondary N) is 1. The summed E-state index contributed by atoms with van der Waals surface area (Å²) >= 11 is 0. The fourth-order valence-electron chi connectivity index (χ4n) is 3.28. The maximum atomic E-state index is 13.0. The Hall–Kier alpha value is -3.03. The van der Waals surface area contributed by atoms with E-state index >= 15 is 0 Å². The van der Waals surface area contributed by atoms with Gasteiger partial charge in [-0.2, -0.15) is 10.1 Å². The second-order valence-corrected chi connectivity index (χ2v) is 6.55. The molecule has 1 N–H and O–H groups in total. The number of ether oxygens (including phenoxy) is 3. The predicted molar refractivity (Wildman–Crippen MR) is 105 cm³/mol. The monoisotopic (exact) mass is 386 g/mol. The zero-order valence-electron chi connectivity index (χ0n) is 16.7. The van der Waals surface area contributed by atoms with Gasteiger partial charge in [-0.1, -0.05) is 19.8 Å². The fraction of sp³-hybridized carbons (Fsp3) is 0.450. The molecule has 1 atom stereocenters. The highest BCUT2D eigenvalue weighted by atomic mass is 16.5. The van der Waals surface area contributed by atoms with Gasteiger partial charge in [0.15, 0.2) is 0 Å². The Labute approximate surface area is 164 Å². The molecule has 0 spiro atoms. The number of allylic oxidation sites excluding steroid dienone is 1. The summed E-state index contributed by atoms with van der Waals surface area (Å²) in [5.41, 5.74) is 1.94. The number of rotatable bonds is 8. The van der Waals surface area contributed by atoms with Gasteiger partial charge in [0.05, 0.1) is 26.4 Å². The number of anilines is 1. The molecule has 0 radical (unpaired) electrons. The van der Waals surface area contributed by atoms with Crippen molar-refractivity contribution in [1.82, 2.24) is 14.8 Å². The highest BCUT2D eigenvalue weighted by Crippen LogP contribution is 2.40. The third-order valence-corrected chi connectivity index (χ3v) is 4.73. The molecule has 0 fully saturated rings. The SMILES string of the molecule is CCCCCOC(=O)C1=C(C)Nc2ncnn2[C@@H]1c1ccc(OC)cc1OC. The molecule has 0 bridgehead atoms. The van der Waals surface area contributed by atoms with Crippen LogP contribution in [0.5, 0.6) is 11.5 Å². The summed E-state index contributed by atoms with van der Waals surface area (Å²) in [5.74, 6) is 1.45. The lowest BCUT2D eigenvalue weighted by atomic mass is 9.95. The molecular formula is C20H26N4O4. The first-order valence-electron chi connectivity index (χ1n) is 9.37. The molecule has 150 valence electrons. The highest BCUT2D eigenvalue weighted by Gasteiger charge is 2.36. The number of fused-ring (bicyclic) bond motifs is 1. The van der Waals surface area contributed by atoms with E-state index in [-0.39, 0.29) is 5.97 Å². The molecule has 0 saturated carbocycles. The van der Waals surface area contributed by atoms with Crippen molar-refractivity contribution >= 4 is 11.9 Å². The maximum absolute atomic E-state index is 13.0. The Bertz CT molecular complexity index is 875. The first kappa shape index (κ1) is 19.7. The van der Waals surface area contributed by atoms with Crippen molar-refractivity contribution in [3.63, 3.8) is 0 Å². The molecule has 0 saturated heterocycles. The smallest absolute Gasteiger partial charge is 0.338 e. The van der Waals surface area contributed by atoms with Crippen molar-refractivity contribution in [2.75, 3.05) is 26.1 Å². The van der Waals surface area contributed by atoms with Gasteiger partial charge in [-0.15, -0.1) is 0 Å². The summed E-state index contributed by atoms with van der Waals surface area (Å²) in [5, 5.41) is 7.46. The fourth-order valence-corrected chi connectivity index (χ4v) is 3.28. The van der Waals surface area contributed by atoms with Gasteiger partial charge < -0.3 is 19.5 Å². The average molecular weight is 386 g/mol. The standard InChI is InChI=1S/C20H26N4O4/c1-5-6-7-10-28-19(25)17-13(2)23-20-21-12-22-24(20)18(17)15-9-8-14(26-3)11-16(15)27-4/h8-9,11-12,18H,5-7,10H2,1-4H3,(H,21,22,23)/t18-/m1/s1. The minimum Gasteiger partial charge on any atom is -0.497 e. The number of benzene rings is 1. The van der Waals surface area contributed by atoms with Crippen LogP contribution in [0.1, 0.15) is 44.7 Å². The summed E-state index contributed by atoms with van der Waals surface area (Å²) in [6.07, 6.45) is 4.38. The molecule has 0 aliphatic carbocycles. The zero-order valence-corrected chi connectivity index (χ0v) is 16.7. The summed E-state index contributed by atoms with van der Waals surface area (Å²) in [6, 6.07) is 4.97. The number of hydrogen-bond acceptors (Lipinski definition) is 7. The van der Waals surface area contributed by atoms with Crippen LogP contribution < -0.4 is 14.8 Å². The molecule has 1 aliphatic rings. The van der Waals surface area contributed by atoms with Gasteiger partial charge >= 0.3 is 5.97 Å². The minimum absolute atomic E-state index is 0.370. The molecule has 2 aromatic rings. The van der Waals surface area contributed by atoms with E-state index in [2.05, 4.69) is 22.3 Å². The van der Waals surface area contributed by atoms with E-state index < -0.39 is 6.04 Å². The average Bonchev–Trinajstić information content (AvgIpc) is 3.17. The topological polar surface area (TPSA) is 87.5 Å². The second-order valence-electron chi connectivity index (χ2n) is 6.55. The molecule has 28 heavy (non-hydrogen) atoms. The Kier molecular flexibility index (Phi) is 6.18. The predicted octanol–water partition coefficient (Wildman–Crippen LogP) is 3.32. The van der Waals surface area contributed by atoms with Gasteiger partial charge in [-0.25, -0.2) is 9.48 Å². The molecule has 1 aliphatic heterocycles. The van der Waals surface area contributed by atoms with Crippen LogP contribution >= 0.6 is 0 Å². The van der Waals surface area contributed by atoms with E-state index in [0.717, 1.165) is 24.8 Å². The van der Waals surface area contributed by atoms with Crippen LogP contribution in [0.15, 0.2) is 35.8 Å². The number of carbonyl (C=O) groups excluding carboxylic acids is 1. The Balaban J connectivity index is 2.01. The van der Waals surface area contributed by atoms with Crippen molar-refractivity contribution in [2.24, 2.45) is 0 Å². The van der Waals surface area contributed by atoms with E-state index in [1.807, 2.05) is 19.1 Å². The molecule has 1 aromatic heterocycles. The van der Waals surface area contributed by atoms with Crippen LogP contribution in [-0.2, 0) is 9.53 Å². The maximum Gasteiger partial charge on any atom is 0.338 e. The first-order chi connectivity index (χ1) is 13.6. The van der Waals surface area contributed by atoms with Crippen LogP contribution in [0, 0.1) is 0 Å².